The van der Waals surface area contributed by atoms with Gasteiger partial charge >= 0.3 is 6.18 Å². The molecule has 0 aromatic carbocycles. The maximum Gasteiger partial charge on any atom is 0.391 e. The lowest BCUT2D eigenvalue weighted by Gasteiger charge is -2.35. The average molecular weight is 252 g/mol. The van der Waals surface area contributed by atoms with E-state index in [0.717, 1.165) is 12.8 Å². The monoisotopic (exact) mass is 252 g/mol. The van der Waals surface area contributed by atoms with Crippen molar-refractivity contribution in [3.8, 4) is 0 Å². The molecule has 0 aromatic rings. The molecule has 17 heavy (non-hydrogen) atoms. The van der Waals surface area contributed by atoms with Crippen molar-refractivity contribution in [3.05, 3.63) is 0 Å². The molecule has 5 heteroatoms. The van der Waals surface area contributed by atoms with E-state index in [4.69, 9.17) is 5.84 Å². The first-order valence-electron chi connectivity index (χ1n) is 6.37. The summed E-state index contributed by atoms with van der Waals surface area (Å²) in [4.78, 5) is 0. The Morgan fingerprint density at radius 2 is 1.94 bits per heavy atom. The Kier molecular flexibility index (Phi) is 5.25. The van der Waals surface area contributed by atoms with Crippen LogP contribution in [0, 0.1) is 17.8 Å². The van der Waals surface area contributed by atoms with E-state index in [9.17, 15) is 13.2 Å². The molecule has 0 heterocycles. The minimum atomic E-state index is -4.05. The second-order valence-electron chi connectivity index (χ2n) is 5.57. The molecule has 1 saturated carbocycles. The van der Waals surface area contributed by atoms with Crippen molar-refractivity contribution in [2.75, 3.05) is 0 Å². The Labute approximate surface area is 101 Å². The second-order valence-corrected chi connectivity index (χ2v) is 5.57. The Morgan fingerprint density at radius 1 is 1.29 bits per heavy atom. The topological polar surface area (TPSA) is 38.0 Å². The Morgan fingerprint density at radius 3 is 2.41 bits per heavy atom. The van der Waals surface area contributed by atoms with Crippen LogP contribution in [0.4, 0.5) is 13.2 Å². The first kappa shape index (κ1) is 14.8. The first-order chi connectivity index (χ1) is 7.84. The molecule has 1 aliphatic rings. The van der Waals surface area contributed by atoms with Gasteiger partial charge in [0.2, 0.25) is 0 Å². The van der Waals surface area contributed by atoms with Crippen molar-refractivity contribution >= 4 is 0 Å². The molecule has 0 saturated heterocycles. The molecule has 0 radical (unpaired) electrons. The van der Waals surface area contributed by atoms with Gasteiger partial charge in [-0.3, -0.25) is 11.3 Å². The van der Waals surface area contributed by atoms with Gasteiger partial charge in [0.1, 0.15) is 0 Å². The predicted octanol–water partition coefficient (Wildman–Crippen LogP) is 3.23. The third-order valence-corrected chi connectivity index (χ3v) is 3.69. The molecule has 3 unspecified atom stereocenters. The minimum absolute atomic E-state index is 0.0140. The Hall–Kier alpha value is -0.290. The van der Waals surface area contributed by atoms with E-state index in [1.54, 1.807) is 0 Å². The van der Waals surface area contributed by atoms with E-state index in [-0.39, 0.29) is 24.8 Å². The van der Waals surface area contributed by atoms with Crippen molar-refractivity contribution in [2.45, 2.75) is 58.2 Å². The highest BCUT2D eigenvalue weighted by atomic mass is 19.4. The number of rotatable bonds is 4. The zero-order valence-electron chi connectivity index (χ0n) is 10.6. The number of hydrogen-bond acceptors (Lipinski definition) is 2. The van der Waals surface area contributed by atoms with Gasteiger partial charge in [-0.15, -0.1) is 0 Å². The number of hydrazine groups is 1. The number of hydrogen-bond donors (Lipinski definition) is 2. The molecule has 0 aromatic heterocycles. The molecule has 0 bridgehead atoms. The van der Waals surface area contributed by atoms with Gasteiger partial charge in [-0.05, 0) is 37.5 Å². The van der Waals surface area contributed by atoms with Crippen LogP contribution in [0.3, 0.4) is 0 Å². The van der Waals surface area contributed by atoms with E-state index in [1.807, 2.05) is 0 Å². The summed E-state index contributed by atoms with van der Waals surface area (Å²) in [7, 11) is 0. The van der Waals surface area contributed by atoms with E-state index in [0.29, 0.717) is 12.3 Å². The highest BCUT2D eigenvalue weighted by Crippen LogP contribution is 2.41. The van der Waals surface area contributed by atoms with Crippen molar-refractivity contribution in [3.63, 3.8) is 0 Å². The first-order valence-corrected chi connectivity index (χ1v) is 6.37. The summed E-state index contributed by atoms with van der Waals surface area (Å²) < 4.78 is 38.1. The fourth-order valence-corrected chi connectivity index (χ4v) is 2.79. The minimum Gasteiger partial charge on any atom is -0.271 e. The molecule has 0 spiro atoms. The zero-order valence-corrected chi connectivity index (χ0v) is 10.6. The van der Waals surface area contributed by atoms with Gasteiger partial charge in [0.05, 0.1) is 5.92 Å². The highest BCUT2D eigenvalue weighted by Gasteiger charge is 2.43. The van der Waals surface area contributed by atoms with Crippen LogP contribution in [0.25, 0.3) is 0 Å². The van der Waals surface area contributed by atoms with Gasteiger partial charge in [0.25, 0.3) is 0 Å². The normalized spacial score (nSPS) is 28.4. The second kappa shape index (κ2) is 6.05. The lowest BCUT2D eigenvalue weighted by molar-refractivity contribution is -0.186. The van der Waals surface area contributed by atoms with Gasteiger partial charge in [0.15, 0.2) is 0 Å². The standard InChI is InChI=1S/C12H23F3N2/c1-8(2)6-11(17-16)9-4-3-5-10(7-9)12(13,14)15/h8-11,17H,3-7,16H2,1-2H3. The average Bonchev–Trinajstić information content (AvgIpc) is 2.24. The Bertz CT molecular complexity index is 228. The summed E-state index contributed by atoms with van der Waals surface area (Å²) in [5, 5.41) is 0. The molecule has 1 rings (SSSR count). The molecule has 3 N–H and O–H groups in total. The lowest BCUT2D eigenvalue weighted by Crippen LogP contribution is -2.44. The largest absolute Gasteiger partial charge is 0.391 e. The van der Waals surface area contributed by atoms with Crippen LogP contribution in [0.2, 0.25) is 0 Å². The molecule has 1 aliphatic carbocycles. The molecular weight excluding hydrogens is 229 g/mol. The molecular formula is C12H23F3N2. The fourth-order valence-electron chi connectivity index (χ4n) is 2.79. The summed E-state index contributed by atoms with van der Waals surface area (Å²) in [6.45, 7) is 4.13. The van der Waals surface area contributed by atoms with E-state index in [2.05, 4.69) is 19.3 Å². The van der Waals surface area contributed by atoms with Crippen LogP contribution in [0.15, 0.2) is 0 Å². The maximum absolute atomic E-state index is 12.7. The van der Waals surface area contributed by atoms with Crippen LogP contribution >= 0.6 is 0 Å². The third kappa shape index (κ3) is 4.47. The molecule has 102 valence electrons. The van der Waals surface area contributed by atoms with Crippen LogP contribution in [0.5, 0.6) is 0 Å². The zero-order chi connectivity index (χ0) is 13.1. The van der Waals surface area contributed by atoms with E-state index in [1.165, 1.54) is 0 Å². The van der Waals surface area contributed by atoms with Crippen LogP contribution in [-0.4, -0.2) is 12.2 Å². The van der Waals surface area contributed by atoms with Gasteiger partial charge in [-0.25, -0.2) is 0 Å². The van der Waals surface area contributed by atoms with E-state index >= 15 is 0 Å². The molecule has 0 aliphatic heterocycles. The van der Waals surface area contributed by atoms with Gasteiger partial charge in [-0.1, -0.05) is 20.3 Å². The number of alkyl halides is 3. The summed E-state index contributed by atoms with van der Waals surface area (Å²) in [5.74, 6) is 4.84. The van der Waals surface area contributed by atoms with Gasteiger partial charge in [-0.2, -0.15) is 13.2 Å². The van der Waals surface area contributed by atoms with Gasteiger partial charge < -0.3 is 0 Å². The smallest absolute Gasteiger partial charge is 0.271 e. The SMILES string of the molecule is CC(C)CC(NN)C1CCCC(C(F)(F)F)C1. The van der Waals surface area contributed by atoms with Crippen molar-refractivity contribution in [1.29, 1.82) is 0 Å². The van der Waals surface area contributed by atoms with Crippen LogP contribution in [0.1, 0.15) is 46.0 Å². The quantitative estimate of drug-likeness (QED) is 0.595. The van der Waals surface area contributed by atoms with Crippen LogP contribution in [-0.2, 0) is 0 Å². The van der Waals surface area contributed by atoms with Crippen molar-refractivity contribution in [1.82, 2.24) is 5.43 Å². The summed E-state index contributed by atoms with van der Waals surface area (Å²) in [6.07, 6.45) is -1.19. The highest BCUT2D eigenvalue weighted by molar-refractivity contribution is 4.84. The van der Waals surface area contributed by atoms with Crippen molar-refractivity contribution in [2.24, 2.45) is 23.6 Å². The number of nitrogens with two attached hydrogens (primary N) is 1. The maximum atomic E-state index is 12.7. The summed E-state index contributed by atoms with van der Waals surface area (Å²) in [5.41, 5.74) is 2.71. The van der Waals surface area contributed by atoms with Crippen molar-refractivity contribution < 1.29 is 13.2 Å². The lowest BCUT2D eigenvalue weighted by atomic mass is 9.76. The van der Waals surface area contributed by atoms with E-state index < -0.39 is 12.1 Å². The molecule has 3 atom stereocenters. The molecule has 2 nitrogen and oxygen atoms in total. The van der Waals surface area contributed by atoms with Crippen LogP contribution < -0.4 is 11.3 Å². The summed E-state index contributed by atoms with van der Waals surface area (Å²) >= 11 is 0. The Balaban J connectivity index is 2.58. The summed E-state index contributed by atoms with van der Waals surface area (Å²) in [6, 6.07) is 0.0140. The molecule has 0 amide bonds. The number of halogens is 3. The molecule has 1 fully saturated rings. The van der Waals surface area contributed by atoms with Gasteiger partial charge in [0, 0.05) is 6.04 Å². The predicted molar refractivity (Wildman–Crippen MR) is 62.1 cm³/mol. The fraction of sp³-hybridized carbons (Fsp3) is 1.00. The number of nitrogens with one attached hydrogen (secondary N) is 1. The third-order valence-electron chi connectivity index (χ3n) is 3.69.